The first-order valence-electron chi connectivity index (χ1n) is 8.98. The highest BCUT2D eigenvalue weighted by molar-refractivity contribution is 6.10. The largest absolute Gasteiger partial charge is 0.469 e. The molecular weight excluding hydrogens is 370 g/mol. The van der Waals surface area contributed by atoms with Crippen molar-refractivity contribution in [2.75, 3.05) is 0 Å². The second-order valence-electron chi connectivity index (χ2n) is 6.55. The molecule has 0 saturated heterocycles. The van der Waals surface area contributed by atoms with Gasteiger partial charge in [-0.2, -0.15) is 0 Å². The minimum atomic E-state index is -1.06. The highest BCUT2D eigenvalue weighted by Gasteiger charge is 2.29. The number of rotatable bonds is 6. The monoisotopic (exact) mass is 387 g/mol. The topological polar surface area (TPSA) is 98.1 Å². The van der Waals surface area contributed by atoms with Crippen molar-refractivity contribution in [2.24, 2.45) is 0 Å². The molecular formula is C22H17N3O4. The first kappa shape index (κ1) is 18.4. The van der Waals surface area contributed by atoms with Crippen molar-refractivity contribution in [3.05, 3.63) is 99.9 Å². The number of nitro groups is 1. The number of aromatic nitrogens is 2. The van der Waals surface area contributed by atoms with E-state index in [2.05, 4.69) is 9.97 Å². The van der Waals surface area contributed by atoms with Crippen molar-refractivity contribution in [1.82, 2.24) is 9.97 Å². The number of carbonyl (C=O) groups is 1. The average Bonchev–Trinajstić information content (AvgIpc) is 3.17. The molecule has 0 fully saturated rings. The molecule has 1 N–H and O–H groups in total. The fraction of sp³-hybridized carbons (Fsp3) is 0.0909. The maximum atomic E-state index is 13.4. The average molecular weight is 387 g/mol. The van der Waals surface area contributed by atoms with Gasteiger partial charge in [-0.1, -0.05) is 48.5 Å². The Morgan fingerprint density at radius 3 is 2.55 bits per heavy atom. The molecule has 4 rings (SSSR count). The lowest BCUT2D eigenvalue weighted by Gasteiger charge is -2.18. The number of para-hydroxylation sites is 1. The molecule has 0 saturated carbocycles. The third-order valence-corrected chi connectivity index (χ3v) is 4.59. The van der Waals surface area contributed by atoms with Crippen molar-refractivity contribution in [3.63, 3.8) is 0 Å². The highest BCUT2D eigenvalue weighted by Crippen LogP contribution is 2.33. The number of ether oxygens (including phenoxy) is 1. The van der Waals surface area contributed by atoms with E-state index in [-0.39, 0.29) is 11.5 Å². The van der Waals surface area contributed by atoms with Crippen molar-refractivity contribution in [2.45, 2.75) is 13.0 Å². The zero-order valence-corrected chi connectivity index (χ0v) is 15.5. The van der Waals surface area contributed by atoms with Gasteiger partial charge in [-0.25, -0.2) is 0 Å². The highest BCUT2D eigenvalue weighted by atomic mass is 16.6. The van der Waals surface area contributed by atoms with E-state index in [4.69, 9.17) is 4.74 Å². The fourth-order valence-corrected chi connectivity index (χ4v) is 3.20. The standard InChI is InChI=1S/C22H17N3O4/c1-14-11-12-19(22(24-14)25(27)28)29-21(15-7-3-2-4-8-15)20(26)17-13-23-18-10-6-5-9-16(17)18/h2-13,21,23H,1H3. The van der Waals surface area contributed by atoms with Crippen LogP contribution in [0.15, 0.2) is 72.9 Å². The molecule has 0 aliphatic heterocycles. The Kier molecular flexibility index (Phi) is 4.78. The third-order valence-electron chi connectivity index (χ3n) is 4.59. The van der Waals surface area contributed by atoms with Gasteiger partial charge in [0.25, 0.3) is 0 Å². The predicted molar refractivity (Wildman–Crippen MR) is 108 cm³/mol. The van der Waals surface area contributed by atoms with Gasteiger partial charge in [0.1, 0.15) is 5.69 Å². The minimum Gasteiger partial charge on any atom is -0.469 e. The van der Waals surface area contributed by atoms with Gasteiger partial charge in [-0.3, -0.25) is 4.79 Å². The summed E-state index contributed by atoms with van der Waals surface area (Å²) in [4.78, 5) is 31.3. The Hall–Kier alpha value is -4.00. The van der Waals surface area contributed by atoms with Crippen molar-refractivity contribution >= 4 is 22.5 Å². The summed E-state index contributed by atoms with van der Waals surface area (Å²) in [5, 5.41) is 12.2. The molecule has 0 spiro atoms. The first-order valence-corrected chi connectivity index (χ1v) is 8.98. The van der Waals surface area contributed by atoms with Crippen LogP contribution in [0.4, 0.5) is 5.82 Å². The van der Waals surface area contributed by atoms with E-state index in [1.54, 1.807) is 43.5 Å². The number of benzene rings is 2. The molecule has 144 valence electrons. The molecule has 0 bridgehead atoms. The van der Waals surface area contributed by atoms with Gasteiger partial charge in [-0.05, 0) is 28.1 Å². The SMILES string of the molecule is Cc1ccc(OC(C(=O)c2c[nH]c3ccccc23)c2ccccc2)c([N+](=O)[O-])n1. The van der Waals surface area contributed by atoms with Crippen LogP contribution in [-0.2, 0) is 0 Å². The Morgan fingerprint density at radius 2 is 1.79 bits per heavy atom. The summed E-state index contributed by atoms with van der Waals surface area (Å²) in [5.74, 6) is -0.774. The molecule has 29 heavy (non-hydrogen) atoms. The lowest BCUT2D eigenvalue weighted by molar-refractivity contribution is -0.390. The summed E-state index contributed by atoms with van der Waals surface area (Å²) in [6.45, 7) is 1.66. The van der Waals surface area contributed by atoms with Gasteiger partial charge < -0.3 is 19.8 Å². The number of hydrogen-bond acceptors (Lipinski definition) is 5. The van der Waals surface area contributed by atoms with E-state index in [0.717, 1.165) is 10.9 Å². The molecule has 1 unspecified atom stereocenters. The number of aromatic amines is 1. The lowest BCUT2D eigenvalue weighted by Crippen LogP contribution is -2.19. The van der Waals surface area contributed by atoms with Crippen LogP contribution >= 0.6 is 0 Å². The zero-order valence-electron chi connectivity index (χ0n) is 15.5. The molecule has 4 aromatic rings. The van der Waals surface area contributed by atoms with Gasteiger partial charge >= 0.3 is 5.82 Å². The number of H-pyrrole nitrogens is 1. The third kappa shape index (κ3) is 3.58. The van der Waals surface area contributed by atoms with Crippen molar-refractivity contribution in [3.8, 4) is 5.75 Å². The van der Waals surface area contributed by atoms with Gasteiger partial charge in [0.2, 0.25) is 11.5 Å². The minimum absolute atomic E-state index is 0.0531. The van der Waals surface area contributed by atoms with E-state index < -0.39 is 16.8 Å². The molecule has 2 heterocycles. The molecule has 0 aliphatic rings. The first-order chi connectivity index (χ1) is 14.0. The molecule has 1 atom stereocenters. The summed E-state index contributed by atoms with van der Waals surface area (Å²) in [6, 6.07) is 19.4. The number of nitrogens with zero attached hydrogens (tertiary/aromatic N) is 2. The second-order valence-corrected chi connectivity index (χ2v) is 6.55. The number of aryl methyl sites for hydroxylation is 1. The van der Waals surface area contributed by atoms with E-state index in [0.29, 0.717) is 16.8 Å². The maximum absolute atomic E-state index is 13.4. The van der Waals surface area contributed by atoms with Gasteiger partial charge in [0, 0.05) is 35.2 Å². The van der Waals surface area contributed by atoms with Crippen LogP contribution < -0.4 is 4.74 Å². The number of nitrogens with one attached hydrogen (secondary N) is 1. The molecule has 0 amide bonds. The number of ketones is 1. The lowest BCUT2D eigenvalue weighted by atomic mass is 9.99. The number of hydrogen-bond donors (Lipinski definition) is 1. The van der Waals surface area contributed by atoms with E-state index in [1.807, 2.05) is 30.3 Å². The molecule has 7 heteroatoms. The maximum Gasteiger partial charge on any atom is 0.406 e. The Labute approximate surface area is 166 Å². The van der Waals surface area contributed by atoms with Gasteiger partial charge in [0.15, 0.2) is 6.10 Å². The second kappa shape index (κ2) is 7.55. The molecule has 7 nitrogen and oxygen atoms in total. The smallest absolute Gasteiger partial charge is 0.406 e. The van der Waals surface area contributed by atoms with Crippen LogP contribution in [0.5, 0.6) is 5.75 Å². The van der Waals surface area contributed by atoms with Crippen LogP contribution in [0.2, 0.25) is 0 Å². The van der Waals surface area contributed by atoms with E-state index in [9.17, 15) is 14.9 Å². The van der Waals surface area contributed by atoms with E-state index >= 15 is 0 Å². The molecule has 2 aromatic carbocycles. The Balaban J connectivity index is 1.80. The van der Waals surface area contributed by atoms with Crippen molar-refractivity contribution in [1.29, 1.82) is 0 Å². The number of fused-ring (bicyclic) bond motifs is 1. The predicted octanol–water partition coefficient (Wildman–Crippen LogP) is 4.78. The molecule has 2 aromatic heterocycles. The molecule has 0 aliphatic carbocycles. The van der Waals surface area contributed by atoms with E-state index in [1.165, 1.54) is 6.07 Å². The van der Waals surface area contributed by atoms with Crippen LogP contribution in [0.25, 0.3) is 10.9 Å². The Bertz CT molecular complexity index is 1200. The summed E-state index contributed by atoms with van der Waals surface area (Å²) in [6.07, 6.45) is 0.576. The van der Waals surface area contributed by atoms with Crippen molar-refractivity contribution < 1.29 is 14.5 Å². The summed E-state index contributed by atoms with van der Waals surface area (Å²) < 4.78 is 5.91. The van der Waals surface area contributed by atoms with Crippen LogP contribution in [0.3, 0.4) is 0 Å². The van der Waals surface area contributed by atoms with Crippen LogP contribution in [0, 0.1) is 17.0 Å². The van der Waals surface area contributed by atoms with Gasteiger partial charge in [0.05, 0.1) is 0 Å². The van der Waals surface area contributed by atoms with Gasteiger partial charge in [-0.15, -0.1) is 0 Å². The summed E-state index contributed by atoms with van der Waals surface area (Å²) >= 11 is 0. The zero-order chi connectivity index (χ0) is 20.4. The summed E-state index contributed by atoms with van der Waals surface area (Å²) in [7, 11) is 0. The quantitative estimate of drug-likeness (QED) is 0.292. The fourth-order valence-electron chi connectivity index (χ4n) is 3.20. The normalized spacial score (nSPS) is 11.9. The summed E-state index contributed by atoms with van der Waals surface area (Å²) in [5.41, 5.74) is 2.36. The Morgan fingerprint density at radius 1 is 1.07 bits per heavy atom. The number of Topliss-reactive ketones (excluding diaryl/α,β-unsaturated/α-hetero) is 1. The number of pyridine rings is 1. The van der Waals surface area contributed by atoms with Crippen LogP contribution in [-0.4, -0.2) is 20.7 Å². The molecule has 0 radical (unpaired) electrons. The number of carbonyl (C=O) groups excluding carboxylic acids is 1. The van der Waals surface area contributed by atoms with Crippen LogP contribution in [0.1, 0.15) is 27.7 Å².